The maximum atomic E-state index is 12.2. The molecule has 1 heterocycles. The molecule has 4 N–H and O–H groups in total. The lowest BCUT2D eigenvalue weighted by Crippen LogP contribution is -2.32. The first-order chi connectivity index (χ1) is 10.5. The van der Waals surface area contributed by atoms with E-state index in [1.54, 1.807) is 12.1 Å². The molecule has 7 nitrogen and oxygen atoms in total. The van der Waals surface area contributed by atoms with Gasteiger partial charge in [-0.25, -0.2) is 13.1 Å². The molecule has 2 rings (SSSR count). The Balaban J connectivity index is 1.91. The van der Waals surface area contributed by atoms with Gasteiger partial charge >= 0.3 is 0 Å². The van der Waals surface area contributed by atoms with E-state index >= 15 is 0 Å². The number of rotatable bonds is 7. The van der Waals surface area contributed by atoms with Crippen molar-refractivity contribution < 1.29 is 17.9 Å². The van der Waals surface area contributed by atoms with Crippen LogP contribution < -0.4 is 15.8 Å². The summed E-state index contributed by atoms with van der Waals surface area (Å²) < 4.78 is 32.3. The van der Waals surface area contributed by atoms with Gasteiger partial charge in [-0.15, -0.1) is 0 Å². The molecule has 1 amide bonds. The van der Waals surface area contributed by atoms with Crippen LogP contribution in [-0.2, 0) is 26.1 Å². The standard InChI is InChI=1S/C14H21N3O4S/c15-8-14(18)16-9-11-3-5-13(6-4-11)22(19,20)17-10-12-2-1-7-21-12/h3-6,12,17H,1-2,7-10,15H2,(H,16,18). The summed E-state index contributed by atoms with van der Waals surface area (Å²) in [5, 5.41) is 2.62. The van der Waals surface area contributed by atoms with Gasteiger partial charge in [0.25, 0.3) is 0 Å². The van der Waals surface area contributed by atoms with E-state index < -0.39 is 10.0 Å². The van der Waals surface area contributed by atoms with Crippen LogP contribution in [0.15, 0.2) is 29.2 Å². The molecule has 1 atom stereocenters. The van der Waals surface area contributed by atoms with Crippen LogP contribution in [0.1, 0.15) is 18.4 Å². The zero-order valence-corrected chi connectivity index (χ0v) is 13.1. The van der Waals surface area contributed by atoms with Crippen molar-refractivity contribution in [1.82, 2.24) is 10.0 Å². The van der Waals surface area contributed by atoms with Crippen molar-refractivity contribution >= 4 is 15.9 Å². The second-order valence-corrected chi connectivity index (χ2v) is 6.88. The highest BCUT2D eigenvalue weighted by molar-refractivity contribution is 7.89. The average molecular weight is 327 g/mol. The SMILES string of the molecule is NCC(=O)NCc1ccc(S(=O)(=O)NCC2CCCO2)cc1. The number of benzene rings is 1. The summed E-state index contributed by atoms with van der Waals surface area (Å²) in [5.41, 5.74) is 6.00. The van der Waals surface area contributed by atoms with E-state index in [1.165, 1.54) is 12.1 Å². The fourth-order valence-electron chi connectivity index (χ4n) is 2.15. The topological polar surface area (TPSA) is 111 Å². The number of ether oxygens (including phenoxy) is 1. The van der Waals surface area contributed by atoms with E-state index in [2.05, 4.69) is 10.0 Å². The van der Waals surface area contributed by atoms with Crippen LogP contribution in [0.5, 0.6) is 0 Å². The van der Waals surface area contributed by atoms with Gasteiger partial charge in [0.05, 0.1) is 17.5 Å². The molecule has 0 radical (unpaired) electrons. The zero-order chi connectivity index (χ0) is 16.0. The van der Waals surface area contributed by atoms with Crippen LogP contribution in [0, 0.1) is 0 Å². The molecule has 1 saturated heterocycles. The van der Waals surface area contributed by atoms with Crippen LogP contribution in [0.2, 0.25) is 0 Å². The summed E-state index contributed by atoms with van der Waals surface area (Å²) in [6.45, 7) is 1.23. The highest BCUT2D eigenvalue weighted by atomic mass is 32.2. The Labute approximate surface area is 130 Å². The minimum Gasteiger partial charge on any atom is -0.377 e. The molecule has 8 heteroatoms. The van der Waals surface area contributed by atoms with Crippen molar-refractivity contribution in [2.45, 2.75) is 30.4 Å². The number of carbonyl (C=O) groups is 1. The third kappa shape index (κ3) is 4.77. The molecule has 0 bridgehead atoms. The lowest BCUT2D eigenvalue weighted by molar-refractivity contribution is -0.119. The van der Waals surface area contributed by atoms with Gasteiger partial charge in [0, 0.05) is 19.7 Å². The van der Waals surface area contributed by atoms with Crippen molar-refractivity contribution in [2.24, 2.45) is 5.73 Å². The highest BCUT2D eigenvalue weighted by Crippen LogP contribution is 2.14. The van der Waals surface area contributed by atoms with E-state index in [-0.39, 0.29) is 30.0 Å². The summed E-state index contributed by atoms with van der Waals surface area (Å²) in [6, 6.07) is 6.36. The highest BCUT2D eigenvalue weighted by Gasteiger charge is 2.20. The first-order valence-electron chi connectivity index (χ1n) is 7.18. The fraction of sp³-hybridized carbons (Fsp3) is 0.500. The van der Waals surface area contributed by atoms with Crippen molar-refractivity contribution in [3.8, 4) is 0 Å². The molecule has 122 valence electrons. The smallest absolute Gasteiger partial charge is 0.240 e. The number of carbonyl (C=O) groups excluding carboxylic acids is 1. The predicted octanol–water partition coefficient (Wildman–Crippen LogP) is -0.281. The van der Waals surface area contributed by atoms with Crippen LogP contribution in [-0.4, -0.2) is 40.1 Å². The Morgan fingerprint density at radius 2 is 2.05 bits per heavy atom. The third-order valence-electron chi connectivity index (χ3n) is 3.43. The molecule has 1 unspecified atom stereocenters. The Morgan fingerprint density at radius 1 is 1.32 bits per heavy atom. The molecular formula is C14H21N3O4S. The molecule has 22 heavy (non-hydrogen) atoms. The second-order valence-electron chi connectivity index (χ2n) is 5.11. The molecular weight excluding hydrogens is 306 g/mol. The van der Waals surface area contributed by atoms with Gasteiger partial charge in [-0.1, -0.05) is 12.1 Å². The zero-order valence-electron chi connectivity index (χ0n) is 12.2. The summed E-state index contributed by atoms with van der Waals surface area (Å²) >= 11 is 0. The number of nitrogens with two attached hydrogens (primary N) is 1. The Bertz CT molecular complexity index is 595. The Hall–Kier alpha value is -1.48. The van der Waals surface area contributed by atoms with Crippen LogP contribution in [0.4, 0.5) is 0 Å². The van der Waals surface area contributed by atoms with Crippen LogP contribution in [0.3, 0.4) is 0 Å². The molecule has 0 saturated carbocycles. The number of hydrogen-bond donors (Lipinski definition) is 3. The first kappa shape index (κ1) is 16.9. The molecule has 1 aromatic carbocycles. The van der Waals surface area contributed by atoms with E-state index in [4.69, 9.17) is 10.5 Å². The average Bonchev–Trinajstić information content (AvgIpc) is 3.04. The molecule has 1 aliphatic heterocycles. The van der Waals surface area contributed by atoms with Gasteiger partial charge in [-0.05, 0) is 30.5 Å². The summed E-state index contributed by atoms with van der Waals surface area (Å²) in [5.74, 6) is -0.255. The van der Waals surface area contributed by atoms with Gasteiger partial charge < -0.3 is 15.8 Å². The molecule has 0 spiro atoms. The minimum absolute atomic E-state index is 0.0412. The summed E-state index contributed by atoms with van der Waals surface area (Å²) in [7, 11) is -3.54. The molecule has 0 aromatic heterocycles. The quantitative estimate of drug-likeness (QED) is 0.638. The van der Waals surface area contributed by atoms with Crippen molar-refractivity contribution in [3.63, 3.8) is 0 Å². The van der Waals surface area contributed by atoms with Crippen molar-refractivity contribution in [3.05, 3.63) is 29.8 Å². The minimum atomic E-state index is -3.54. The van der Waals surface area contributed by atoms with Gasteiger partial charge in [0.2, 0.25) is 15.9 Å². The van der Waals surface area contributed by atoms with E-state index in [0.717, 1.165) is 18.4 Å². The maximum absolute atomic E-state index is 12.2. The van der Waals surface area contributed by atoms with E-state index in [0.29, 0.717) is 13.2 Å². The van der Waals surface area contributed by atoms with Gasteiger partial charge in [-0.3, -0.25) is 4.79 Å². The van der Waals surface area contributed by atoms with Crippen molar-refractivity contribution in [2.75, 3.05) is 19.7 Å². The number of sulfonamides is 1. The molecule has 1 aromatic rings. The summed E-state index contributed by atoms with van der Waals surface area (Å²) in [6.07, 6.45) is 1.80. The number of nitrogens with one attached hydrogen (secondary N) is 2. The Morgan fingerprint density at radius 3 is 2.64 bits per heavy atom. The van der Waals surface area contributed by atoms with Crippen LogP contribution >= 0.6 is 0 Å². The Kier molecular flexibility index (Phi) is 5.90. The molecule has 0 aliphatic carbocycles. The van der Waals surface area contributed by atoms with Crippen LogP contribution in [0.25, 0.3) is 0 Å². The van der Waals surface area contributed by atoms with E-state index in [1.807, 2.05) is 0 Å². The molecule has 1 fully saturated rings. The largest absolute Gasteiger partial charge is 0.377 e. The molecule has 1 aliphatic rings. The monoisotopic (exact) mass is 327 g/mol. The second kappa shape index (κ2) is 7.68. The number of amides is 1. The van der Waals surface area contributed by atoms with Crippen molar-refractivity contribution in [1.29, 1.82) is 0 Å². The predicted molar refractivity (Wildman–Crippen MR) is 81.5 cm³/mol. The first-order valence-corrected chi connectivity index (χ1v) is 8.66. The lowest BCUT2D eigenvalue weighted by atomic mass is 10.2. The van der Waals surface area contributed by atoms with E-state index in [9.17, 15) is 13.2 Å². The third-order valence-corrected chi connectivity index (χ3v) is 4.87. The fourth-order valence-corrected chi connectivity index (χ4v) is 3.22. The number of hydrogen-bond acceptors (Lipinski definition) is 5. The van der Waals surface area contributed by atoms with Gasteiger partial charge in [0.15, 0.2) is 0 Å². The normalized spacial score (nSPS) is 18.3. The maximum Gasteiger partial charge on any atom is 0.240 e. The van der Waals surface area contributed by atoms with Gasteiger partial charge in [-0.2, -0.15) is 0 Å². The van der Waals surface area contributed by atoms with Gasteiger partial charge in [0.1, 0.15) is 0 Å². The summed E-state index contributed by atoms with van der Waals surface area (Å²) in [4.78, 5) is 11.3. The lowest BCUT2D eigenvalue weighted by Gasteiger charge is -2.12.